The third-order valence-corrected chi connectivity index (χ3v) is 16.8. The van der Waals surface area contributed by atoms with E-state index >= 15 is 0 Å². The molecule has 0 amide bonds. The predicted molar refractivity (Wildman–Crippen MR) is 261 cm³/mol. The Morgan fingerprint density at radius 2 is 0.859 bits per heavy atom. The van der Waals surface area contributed by atoms with Gasteiger partial charge in [-0.15, -0.1) is 0 Å². The maximum absolute atomic E-state index is 13.1. The number of fused-ring (bicyclic) bond motifs is 16. The normalized spacial score (nSPS) is 20.6. The molecule has 6 aromatic carbocycles. The minimum atomic E-state index is -0.243. The molecule has 10 rings (SSSR count). The highest BCUT2D eigenvalue weighted by Crippen LogP contribution is 2.65. The minimum absolute atomic E-state index is 0.0279. The van der Waals surface area contributed by atoms with Crippen LogP contribution in [0.3, 0.4) is 0 Å². The van der Waals surface area contributed by atoms with Gasteiger partial charge in [-0.05, 0) is 122 Å². The molecule has 0 N–H and O–H groups in total. The van der Waals surface area contributed by atoms with Crippen LogP contribution >= 0.6 is 0 Å². The Bertz CT molecular complexity index is 2900. The second-order valence-corrected chi connectivity index (χ2v) is 19.6. The summed E-state index contributed by atoms with van der Waals surface area (Å²) >= 11 is 0. The topological polar surface area (TPSA) is 34.1 Å². The van der Waals surface area contributed by atoms with E-state index in [1.807, 2.05) is 12.1 Å². The van der Waals surface area contributed by atoms with Gasteiger partial charge in [-0.25, -0.2) is 0 Å². The van der Waals surface area contributed by atoms with Gasteiger partial charge in [-0.1, -0.05) is 169 Å². The van der Waals surface area contributed by atoms with Crippen molar-refractivity contribution in [3.05, 3.63) is 209 Å². The average Bonchev–Trinajstić information content (AvgIpc) is 3.48. The zero-order chi connectivity index (χ0) is 44.7. The summed E-state index contributed by atoms with van der Waals surface area (Å²) in [6, 6.07) is 40.1. The summed E-state index contributed by atoms with van der Waals surface area (Å²) in [5, 5.41) is 0. The van der Waals surface area contributed by atoms with Gasteiger partial charge in [0.05, 0.1) is 0 Å². The van der Waals surface area contributed by atoms with Crippen molar-refractivity contribution in [2.75, 3.05) is 0 Å². The SMILES string of the molecule is CCC(C)(C#Cc1c2c(c(C#Cc3cc(C=O)c(C(C)(CC)CC)cc3C=O)c3c1C(C)c1ccccc1C1c4ccccc4C31)C1c3ccccc3C1c1ccccc1C2C)CC. The largest absolute Gasteiger partial charge is 0.298 e. The first-order valence-corrected chi connectivity index (χ1v) is 23.8. The molecule has 0 spiro atoms. The molecular formula is C62H58O2. The van der Waals surface area contributed by atoms with Crippen molar-refractivity contribution >= 4 is 12.6 Å². The average molecular weight is 835 g/mol. The standard InChI is InChI=1S/C62H58O2/c1-9-61(7,10-2)32-31-51-53-37(5)42-21-13-15-23-44(42)55-46-25-17-19-27-48(46)57(55)59(53)50(30-29-39-33-41(36-64)52(34-40(39)35-63)62(8,11-3)12-4)60-54(51)38(6)43-22-14-16-24-45(43)56-47-26-18-20-28-49(47)58(56)60/h13-28,33-38,55-58H,9-12H2,1-8H3. The highest BCUT2D eigenvalue weighted by atomic mass is 16.1. The van der Waals surface area contributed by atoms with E-state index in [0.717, 1.165) is 49.4 Å². The summed E-state index contributed by atoms with van der Waals surface area (Å²) in [5.74, 6) is 16.1. The number of aldehydes is 2. The summed E-state index contributed by atoms with van der Waals surface area (Å²) in [7, 11) is 0. The lowest BCUT2D eigenvalue weighted by Gasteiger charge is -2.44. The Labute approximate surface area is 381 Å². The third-order valence-electron chi connectivity index (χ3n) is 16.8. The van der Waals surface area contributed by atoms with Crippen LogP contribution in [0.1, 0.15) is 226 Å². The predicted octanol–water partition coefficient (Wildman–Crippen LogP) is 14.5. The summed E-state index contributed by atoms with van der Waals surface area (Å²) in [6.07, 6.45) is 5.52. The fraction of sp³-hybridized carbons (Fsp3) is 0.323. The van der Waals surface area contributed by atoms with E-state index in [1.54, 1.807) is 0 Å². The maximum Gasteiger partial charge on any atom is 0.151 e. The first-order valence-electron chi connectivity index (χ1n) is 23.8. The molecule has 2 nitrogen and oxygen atoms in total. The van der Waals surface area contributed by atoms with Crippen LogP contribution in [0.5, 0.6) is 0 Å². The first-order chi connectivity index (χ1) is 31.1. The first kappa shape index (κ1) is 41.8. The lowest BCUT2D eigenvalue weighted by Crippen LogP contribution is -2.30. The van der Waals surface area contributed by atoms with Crippen LogP contribution in [-0.2, 0) is 5.41 Å². The number of carbonyl (C=O) groups excluding carboxylic acids is 2. The molecule has 6 atom stereocenters. The third kappa shape index (κ3) is 6.02. The Morgan fingerprint density at radius 1 is 0.469 bits per heavy atom. The van der Waals surface area contributed by atoms with E-state index in [0.29, 0.717) is 16.7 Å². The number of rotatable bonds is 7. The number of hydrogen-bond acceptors (Lipinski definition) is 2. The monoisotopic (exact) mass is 834 g/mol. The van der Waals surface area contributed by atoms with Crippen LogP contribution in [-0.4, -0.2) is 12.6 Å². The van der Waals surface area contributed by atoms with Crippen molar-refractivity contribution in [2.24, 2.45) is 5.41 Å². The number of hydrogen-bond donors (Lipinski definition) is 0. The van der Waals surface area contributed by atoms with Gasteiger partial charge >= 0.3 is 0 Å². The molecule has 0 heterocycles. The highest BCUT2D eigenvalue weighted by molar-refractivity contribution is 5.87. The lowest BCUT2D eigenvalue weighted by molar-refractivity contribution is 0.111. The molecule has 6 unspecified atom stereocenters. The Morgan fingerprint density at radius 3 is 1.27 bits per heavy atom. The van der Waals surface area contributed by atoms with Crippen molar-refractivity contribution in [1.29, 1.82) is 0 Å². The van der Waals surface area contributed by atoms with Crippen LogP contribution in [0, 0.1) is 29.1 Å². The van der Waals surface area contributed by atoms with E-state index in [9.17, 15) is 9.59 Å². The van der Waals surface area contributed by atoms with Crippen molar-refractivity contribution in [1.82, 2.24) is 0 Å². The van der Waals surface area contributed by atoms with Crippen molar-refractivity contribution in [3.8, 4) is 23.7 Å². The second kappa shape index (κ2) is 15.8. The zero-order valence-electron chi connectivity index (χ0n) is 38.7. The fourth-order valence-corrected chi connectivity index (χ4v) is 12.2. The van der Waals surface area contributed by atoms with E-state index in [2.05, 4.69) is 176 Å². The van der Waals surface area contributed by atoms with Gasteiger partial charge in [0, 0.05) is 68.7 Å². The van der Waals surface area contributed by atoms with E-state index in [1.165, 1.54) is 72.3 Å². The molecule has 0 aliphatic heterocycles. The smallest absolute Gasteiger partial charge is 0.151 e. The van der Waals surface area contributed by atoms with Crippen LogP contribution in [0.4, 0.5) is 0 Å². The molecule has 0 aromatic heterocycles. The molecule has 0 saturated carbocycles. The van der Waals surface area contributed by atoms with E-state index in [-0.39, 0.29) is 46.3 Å². The van der Waals surface area contributed by atoms with Crippen molar-refractivity contribution in [2.45, 2.75) is 122 Å². The quantitative estimate of drug-likeness (QED) is 0.119. The fourth-order valence-electron chi connectivity index (χ4n) is 12.2. The molecule has 4 aliphatic rings. The van der Waals surface area contributed by atoms with Crippen LogP contribution in [0.2, 0.25) is 0 Å². The Hall–Kier alpha value is -6.22. The molecule has 0 fully saturated rings. The van der Waals surface area contributed by atoms with Crippen molar-refractivity contribution in [3.63, 3.8) is 0 Å². The molecule has 0 radical (unpaired) electrons. The molecule has 0 saturated heterocycles. The summed E-state index contributed by atoms with van der Waals surface area (Å²) in [4.78, 5) is 26.1. The number of carbonyl (C=O) groups is 2. The molecule has 0 bridgehead atoms. The van der Waals surface area contributed by atoms with Crippen LogP contribution < -0.4 is 0 Å². The van der Waals surface area contributed by atoms with Crippen LogP contribution in [0.15, 0.2) is 109 Å². The number of benzene rings is 6. The molecular weight excluding hydrogens is 777 g/mol. The van der Waals surface area contributed by atoms with Gasteiger partial charge in [0.25, 0.3) is 0 Å². The molecule has 64 heavy (non-hydrogen) atoms. The molecule has 318 valence electrons. The summed E-state index contributed by atoms with van der Waals surface area (Å²) in [5.41, 5.74) is 20.5. The lowest BCUT2D eigenvalue weighted by atomic mass is 9.58. The maximum atomic E-state index is 13.1. The van der Waals surface area contributed by atoms with Crippen LogP contribution in [0.25, 0.3) is 0 Å². The van der Waals surface area contributed by atoms with Gasteiger partial charge in [-0.2, -0.15) is 0 Å². The van der Waals surface area contributed by atoms with Gasteiger partial charge in [-0.3, -0.25) is 9.59 Å². The minimum Gasteiger partial charge on any atom is -0.298 e. The van der Waals surface area contributed by atoms with Gasteiger partial charge in [0.15, 0.2) is 6.29 Å². The van der Waals surface area contributed by atoms with Crippen molar-refractivity contribution < 1.29 is 9.59 Å². The molecule has 6 aromatic rings. The van der Waals surface area contributed by atoms with E-state index < -0.39 is 0 Å². The Kier molecular flexibility index (Phi) is 10.3. The molecule has 4 aliphatic carbocycles. The zero-order valence-corrected chi connectivity index (χ0v) is 38.7. The Balaban J connectivity index is 1.40. The van der Waals surface area contributed by atoms with Gasteiger partial charge < -0.3 is 0 Å². The summed E-state index contributed by atoms with van der Waals surface area (Å²) < 4.78 is 0. The second-order valence-electron chi connectivity index (χ2n) is 19.6. The van der Waals surface area contributed by atoms with Gasteiger partial charge in [0.2, 0.25) is 0 Å². The van der Waals surface area contributed by atoms with E-state index in [4.69, 9.17) is 0 Å². The van der Waals surface area contributed by atoms with Gasteiger partial charge in [0.1, 0.15) is 6.29 Å². The molecule has 2 heteroatoms. The summed E-state index contributed by atoms with van der Waals surface area (Å²) in [6.45, 7) is 18.1. The highest BCUT2D eigenvalue weighted by Gasteiger charge is 2.51.